The van der Waals surface area contributed by atoms with E-state index < -0.39 is 5.82 Å². The van der Waals surface area contributed by atoms with Crippen molar-refractivity contribution < 1.29 is 9.18 Å². The average molecular weight is 343 g/mol. The van der Waals surface area contributed by atoms with E-state index in [4.69, 9.17) is 0 Å². The van der Waals surface area contributed by atoms with Crippen LogP contribution in [-0.2, 0) is 0 Å². The molecule has 0 saturated carbocycles. The number of carbonyl (C=O) groups excluding carboxylic acids is 1. The van der Waals surface area contributed by atoms with Crippen molar-refractivity contribution >= 4 is 21.8 Å². The van der Waals surface area contributed by atoms with E-state index in [1.807, 2.05) is 6.92 Å². The molecule has 0 radical (unpaired) electrons. The van der Waals surface area contributed by atoms with E-state index in [1.165, 1.54) is 18.9 Å². The third-order valence-corrected chi connectivity index (χ3v) is 4.33. The number of hydrogen-bond donors (Lipinski definition) is 1. The van der Waals surface area contributed by atoms with E-state index in [-0.39, 0.29) is 5.91 Å². The number of piperidine rings is 1. The predicted molar refractivity (Wildman–Crippen MR) is 81.3 cm³/mol. The van der Waals surface area contributed by atoms with Crippen molar-refractivity contribution in [3.05, 3.63) is 34.1 Å². The zero-order valence-corrected chi connectivity index (χ0v) is 13.2. The van der Waals surface area contributed by atoms with Gasteiger partial charge in [-0.1, -0.05) is 6.42 Å². The van der Waals surface area contributed by atoms with Crippen LogP contribution in [-0.4, -0.2) is 36.5 Å². The van der Waals surface area contributed by atoms with Crippen molar-refractivity contribution in [2.75, 3.05) is 19.6 Å². The number of rotatable bonds is 4. The molecule has 110 valence electrons. The number of nitrogens with one attached hydrogen (secondary N) is 1. The lowest BCUT2D eigenvalue weighted by molar-refractivity contribution is 0.0741. The first-order valence-corrected chi connectivity index (χ1v) is 7.89. The first-order chi connectivity index (χ1) is 9.61. The Morgan fingerprint density at radius 1 is 1.50 bits per heavy atom. The molecule has 0 aliphatic carbocycles. The molecular weight excluding hydrogens is 323 g/mol. The maximum Gasteiger partial charge on any atom is 0.254 e. The molecule has 1 aliphatic rings. The van der Waals surface area contributed by atoms with Gasteiger partial charge in [-0.15, -0.1) is 0 Å². The Hall–Kier alpha value is -0.940. The minimum atomic E-state index is -0.400. The Kier molecular flexibility index (Phi) is 5.54. The minimum Gasteiger partial charge on any atom is -0.337 e. The Balaban J connectivity index is 2.05. The molecule has 0 bridgehead atoms. The van der Waals surface area contributed by atoms with E-state index >= 15 is 0 Å². The largest absolute Gasteiger partial charge is 0.337 e. The summed E-state index contributed by atoms with van der Waals surface area (Å²) in [5.41, 5.74) is 0.406. The smallest absolute Gasteiger partial charge is 0.254 e. The normalized spacial score (nSPS) is 18.9. The van der Waals surface area contributed by atoms with Gasteiger partial charge in [0.25, 0.3) is 5.91 Å². The van der Waals surface area contributed by atoms with Crippen molar-refractivity contribution in [3.63, 3.8) is 0 Å². The van der Waals surface area contributed by atoms with Gasteiger partial charge in [0.2, 0.25) is 0 Å². The third kappa shape index (κ3) is 3.79. The third-order valence-electron chi connectivity index (χ3n) is 3.69. The van der Waals surface area contributed by atoms with Crippen LogP contribution in [0.1, 0.15) is 36.5 Å². The van der Waals surface area contributed by atoms with E-state index in [0.717, 1.165) is 13.0 Å². The van der Waals surface area contributed by atoms with Crippen LogP contribution in [0.25, 0.3) is 0 Å². The zero-order valence-electron chi connectivity index (χ0n) is 11.7. The molecule has 1 unspecified atom stereocenters. The molecular formula is C15H20BrFN2O. The van der Waals surface area contributed by atoms with Gasteiger partial charge in [0.05, 0.1) is 4.47 Å². The van der Waals surface area contributed by atoms with Crippen LogP contribution in [0.15, 0.2) is 22.7 Å². The molecule has 1 amide bonds. The van der Waals surface area contributed by atoms with E-state index in [0.29, 0.717) is 29.2 Å². The highest BCUT2D eigenvalue weighted by Gasteiger charge is 2.21. The maximum atomic E-state index is 13.5. The molecule has 1 fully saturated rings. The second kappa shape index (κ2) is 7.18. The molecule has 1 atom stereocenters. The number of carbonyl (C=O) groups is 1. The summed E-state index contributed by atoms with van der Waals surface area (Å²) in [5, 5.41) is 3.44. The molecule has 1 saturated heterocycles. The summed E-state index contributed by atoms with van der Waals surface area (Å²) >= 11 is 3.10. The van der Waals surface area contributed by atoms with Crippen molar-refractivity contribution in [2.45, 2.75) is 32.2 Å². The van der Waals surface area contributed by atoms with Crippen LogP contribution in [0.5, 0.6) is 0 Å². The Morgan fingerprint density at radius 2 is 2.30 bits per heavy atom. The lowest BCUT2D eigenvalue weighted by Gasteiger charge is -2.30. The van der Waals surface area contributed by atoms with Gasteiger partial charge < -0.3 is 10.2 Å². The number of amides is 1. The zero-order chi connectivity index (χ0) is 14.5. The lowest BCUT2D eigenvalue weighted by atomic mass is 10.0. The first-order valence-electron chi connectivity index (χ1n) is 7.09. The SMILES string of the molecule is CCN(CC1CCCCN1)C(=O)c1ccc(Br)c(F)c1. The Morgan fingerprint density at radius 3 is 2.90 bits per heavy atom. The number of benzene rings is 1. The summed E-state index contributed by atoms with van der Waals surface area (Å²) in [6.45, 7) is 4.29. The number of hydrogen-bond acceptors (Lipinski definition) is 2. The fraction of sp³-hybridized carbons (Fsp3) is 0.533. The quantitative estimate of drug-likeness (QED) is 0.911. The summed E-state index contributed by atoms with van der Waals surface area (Å²) in [5.74, 6) is -0.506. The topological polar surface area (TPSA) is 32.3 Å². The van der Waals surface area contributed by atoms with Crippen molar-refractivity contribution in [2.24, 2.45) is 0 Å². The second-order valence-electron chi connectivity index (χ2n) is 5.12. The highest BCUT2D eigenvalue weighted by Crippen LogP contribution is 2.18. The van der Waals surface area contributed by atoms with Crippen molar-refractivity contribution in [3.8, 4) is 0 Å². The van der Waals surface area contributed by atoms with E-state index in [1.54, 1.807) is 17.0 Å². The molecule has 20 heavy (non-hydrogen) atoms. The summed E-state index contributed by atoms with van der Waals surface area (Å²) in [6.07, 6.45) is 3.50. The molecule has 0 spiro atoms. The monoisotopic (exact) mass is 342 g/mol. The van der Waals surface area contributed by atoms with Crippen LogP contribution in [0, 0.1) is 5.82 Å². The average Bonchev–Trinajstić information content (AvgIpc) is 2.48. The van der Waals surface area contributed by atoms with Gasteiger partial charge in [-0.05, 0) is 60.4 Å². The van der Waals surface area contributed by atoms with Crippen molar-refractivity contribution in [1.29, 1.82) is 0 Å². The van der Waals surface area contributed by atoms with Gasteiger partial charge in [0, 0.05) is 24.7 Å². The van der Waals surface area contributed by atoms with Crippen LogP contribution >= 0.6 is 15.9 Å². The van der Waals surface area contributed by atoms with E-state index in [9.17, 15) is 9.18 Å². The molecule has 2 rings (SSSR count). The first kappa shape index (κ1) is 15.4. The number of halogens is 2. The van der Waals surface area contributed by atoms with Gasteiger partial charge in [0.15, 0.2) is 0 Å². The van der Waals surface area contributed by atoms with Crippen molar-refractivity contribution in [1.82, 2.24) is 10.2 Å². The molecule has 0 aromatic heterocycles. The van der Waals surface area contributed by atoms with Crippen LogP contribution < -0.4 is 5.32 Å². The van der Waals surface area contributed by atoms with Gasteiger partial charge in [-0.25, -0.2) is 4.39 Å². The number of likely N-dealkylation sites (N-methyl/N-ethyl adjacent to an activating group) is 1. The molecule has 5 heteroatoms. The summed E-state index contributed by atoms with van der Waals surface area (Å²) in [4.78, 5) is 14.2. The fourth-order valence-corrected chi connectivity index (χ4v) is 2.76. The Bertz CT molecular complexity index is 475. The van der Waals surface area contributed by atoms with Gasteiger partial charge in [-0.3, -0.25) is 4.79 Å². The van der Waals surface area contributed by atoms with Crippen LogP contribution in [0.4, 0.5) is 4.39 Å². The molecule has 3 nitrogen and oxygen atoms in total. The van der Waals surface area contributed by atoms with Gasteiger partial charge >= 0.3 is 0 Å². The van der Waals surface area contributed by atoms with Crippen LogP contribution in [0.3, 0.4) is 0 Å². The maximum absolute atomic E-state index is 13.5. The predicted octanol–water partition coefficient (Wildman–Crippen LogP) is 3.19. The van der Waals surface area contributed by atoms with E-state index in [2.05, 4.69) is 21.2 Å². The van der Waals surface area contributed by atoms with Gasteiger partial charge in [-0.2, -0.15) is 0 Å². The molecule has 1 aliphatic heterocycles. The standard InChI is InChI=1S/C15H20BrFN2O/c1-2-19(10-12-5-3-4-8-18-12)15(20)11-6-7-13(16)14(17)9-11/h6-7,9,12,18H,2-5,8,10H2,1H3. The summed E-state index contributed by atoms with van der Waals surface area (Å²) < 4.78 is 13.9. The summed E-state index contributed by atoms with van der Waals surface area (Å²) in [7, 11) is 0. The molecule has 1 aromatic rings. The summed E-state index contributed by atoms with van der Waals surface area (Å²) in [6, 6.07) is 4.89. The fourth-order valence-electron chi connectivity index (χ4n) is 2.51. The van der Waals surface area contributed by atoms with Gasteiger partial charge in [0.1, 0.15) is 5.82 Å². The molecule has 1 aromatic carbocycles. The number of nitrogens with zero attached hydrogens (tertiary/aromatic N) is 1. The second-order valence-corrected chi connectivity index (χ2v) is 5.97. The lowest BCUT2D eigenvalue weighted by Crippen LogP contribution is -2.45. The van der Waals surface area contributed by atoms with Crippen LogP contribution in [0.2, 0.25) is 0 Å². The highest BCUT2D eigenvalue weighted by atomic mass is 79.9. The highest BCUT2D eigenvalue weighted by molar-refractivity contribution is 9.10. The minimum absolute atomic E-state index is 0.105. The molecule has 1 N–H and O–H groups in total. The molecule has 1 heterocycles. The Labute approximate surface area is 127 Å².